The second-order valence-electron chi connectivity index (χ2n) is 6.21. The molecule has 6 heteroatoms. The normalized spacial score (nSPS) is 18.6. The summed E-state index contributed by atoms with van der Waals surface area (Å²) in [7, 11) is 1.40. The van der Waals surface area contributed by atoms with E-state index in [9.17, 15) is 4.79 Å². The van der Waals surface area contributed by atoms with Crippen LogP contribution in [-0.4, -0.2) is 48.8 Å². The third-order valence-electron chi connectivity index (χ3n) is 4.64. The summed E-state index contributed by atoms with van der Waals surface area (Å²) in [6.45, 7) is 7.92. The fraction of sp³-hybridized carbons (Fsp3) is 0.444. The maximum Gasteiger partial charge on any atom is 0.337 e. The van der Waals surface area contributed by atoms with Crippen LogP contribution in [0.1, 0.15) is 28.6 Å². The fourth-order valence-corrected chi connectivity index (χ4v) is 3.08. The average molecular weight is 329 g/mol. The van der Waals surface area contributed by atoms with Crippen molar-refractivity contribution in [1.29, 1.82) is 0 Å². The molecule has 0 radical (unpaired) electrons. The molecule has 0 spiro atoms. The Labute approximate surface area is 142 Å². The maximum absolute atomic E-state index is 11.5. The Bertz CT molecular complexity index is 696. The number of benzene rings is 1. The minimum absolute atomic E-state index is 0.302. The first-order valence-corrected chi connectivity index (χ1v) is 8.16. The summed E-state index contributed by atoms with van der Waals surface area (Å²) in [4.78, 5) is 16.3. The molecule has 128 valence electrons. The first-order valence-electron chi connectivity index (χ1n) is 8.16. The third kappa shape index (κ3) is 3.43. The molecule has 0 N–H and O–H groups in total. The topological polar surface area (TPSA) is 58.8 Å². The molecule has 24 heavy (non-hydrogen) atoms. The molecule has 0 amide bonds. The van der Waals surface area contributed by atoms with E-state index in [0.29, 0.717) is 11.6 Å². The third-order valence-corrected chi connectivity index (χ3v) is 4.64. The monoisotopic (exact) mass is 329 g/mol. The van der Waals surface area contributed by atoms with Gasteiger partial charge in [0.2, 0.25) is 0 Å². The lowest BCUT2D eigenvalue weighted by Gasteiger charge is -2.41. The number of carbonyl (C=O) groups is 1. The molecule has 2 heterocycles. The lowest BCUT2D eigenvalue weighted by molar-refractivity contribution is 0.0600. The number of ether oxygens (including phenoxy) is 1. The van der Waals surface area contributed by atoms with Crippen LogP contribution < -0.4 is 4.90 Å². The van der Waals surface area contributed by atoms with Crippen molar-refractivity contribution in [2.24, 2.45) is 0 Å². The zero-order chi connectivity index (χ0) is 17.1. The number of hydrogen-bond donors (Lipinski definition) is 0. The number of nitrogens with zero attached hydrogens (tertiary/aromatic N) is 3. The van der Waals surface area contributed by atoms with E-state index < -0.39 is 0 Å². The Balaban J connectivity index is 1.62. The van der Waals surface area contributed by atoms with Crippen molar-refractivity contribution >= 4 is 11.7 Å². The zero-order valence-electron chi connectivity index (χ0n) is 14.4. The minimum atomic E-state index is -0.302. The van der Waals surface area contributed by atoms with Crippen LogP contribution in [0, 0.1) is 6.92 Å². The molecule has 0 unspecified atom stereocenters. The van der Waals surface area contributed by atoms with Gasteiger partial charge in [0.25, 0.3) is 0 Å². The fourth-order valence-electron chi connectivity index (χ4n) is 3.08. The quantitative estimate of drug-likeness (QED) is 0.803. The molecule has 1 saturated heterocycles. The Kier molecular flexibility index (Phi) is 4.85. The first-order chi connectivity index (χ1) is 11.6. The summed E-state index contributed by atoms with van der Waals surface area (Å²) in [6, 6.07) is 8.03. The predicted octanol–water partition coefficient (Wildman–Crippen LogP) is 2.48. The lowest BCUT2D eigenvalue weighted by Crippen LogP contribution is -2.51. The number of carbonyl (C=O) groups excluding carboxylic acids is 1. The number of hydrogen-bond acceptors (Lipinski definition) is 6. The van der Waals surface area contributed by atoms with Crippen LogP contribution in [0.15, 0.2) is 35.0 Å². The van der Waals surface area contributed by atoms with Crippen molar-refractivity contribution in [3.63, 3.8) is 0 Å². The van der Waals surface area contributed by atoms with Gasteiger partial charge in [-0.25, -0.2) is 4.79 Å². The van der Waals surface area contributed by atoms with Crippen molar-refractivity contribution in [3.05, 3.63) is 47.3 Å². The number of anilines is 1. The lowest BCUT2D eigenvalue weighted by atomic mass is 10.1. The second kappa shape index (κ2) is 7.05. The minimum Gasteiger partial charge on any atom is -0.465 e. The largest absolute Gasteiger partial charge is 0.465 e. The molecule has 0 saturated carbocycles. The summed E-state index contributed by atoms with van der Waals surface area (Å²) < 4.78 is 9.89. The van der Waals surface area contributed by atoms with Crippen molar-refractivity contribution in [3.8, 4) is 0 Å². The number of aryl methyl sites for hydroxylation is 1. The van der Waals surface area contributed by atoms with Gasteiger partial charge in [-0.05, 0) is 38.1 Å². The summed E-state index contributed by atoms with van der Waals surface area (Å²) >= 11 is 0. The molecule has 6 nitrogen and oxygen atoms in total. The van der Waals surface area contributed by atoms with E-state index in [0.717, 1.165) is 43.2 Å². The highest BCUT2D eigenvalue weighted by molar-refractivity contribution is 5.89. The van der Waals surface area contributed by atoms with Crippen LogP contribution in [0.4, 0.5) is 5.69 Å². The van der Waals surface area contributed by atoms with E-state index in [1.165, 1.54) is 7.11 Å². The highest BCUT2D eigenvalue weighted by Crippen LogP contribution is 2.22. The highest BCUT2D eigenvalue weighted by atomic mass is 16.5. The molecule has 3 rings (SSSR count). The summed E-state index contributed by atoms with van der Waals surface area (Å²) in [5.41, 5.74) is 2.86. The zero-order valence-corrected chi connectivity index (χ0v) is 14.4. The summed E-state index contributed by atoms with van der Waals surface area (Å²) in [5.74, 6) is 0.590. The summed E-state index contributed by atoms with van der Waals surface area (Å²) in [6.07, 6.45) is 1.81. The van der Waals surface area contributed by atoms with E-state index in [4.69, 9.17) is 9.26 Å². The Morgan fingerprint density at radius 2 is 2.08 bits per heavy atom. The van der Waals surface area contributed by atoms with Crippen LogP contribution in [0.25, 0.3) is 0 Å². The van der Waals surface area contributed by atoms with Gasteiger partial charge in [0, 0.05) is 43.5 Å². The smallest absolute Gasteiger partial charge is 0.337 e. The van der Waals surface area contributed by atoms with Gasteiger partial charge in [0.15, 0.2) is 0 Å². The molecule has 1 aliphatic rings. The molecule has 1 atom stereocenters. The van der Waals surface area contributed by atoms with E-state index in [1.807, 2.05) is 31.2 Å². The van der Waals surface area contributed by atoms with E-state index in [2.05, 4.69) is 21.9 Å². The molecular formula is C18H23N3O3. The van der Waals surface area contributed by atoms with Gasteiger partial charge in [0.05, 0.1) is 18.9 Å². The van der Waals surface area contributed by atoms with Crippen molar-refractivity contribution in [2.45, 2.75) is 26.4 Å². The molecular weight excluding hydrogens is 306 g/mol. The number of piperazine rings is 1. The second-order valence-corrected chi connectivity index (χ2v) is 6.21. The molecule has 1 aliphatic heterocycles. The van der Waals surface area contributed by atoms with Gasteiger partial charge in [-0.3, -0.25) is 4.90 Å². The Morgan fingerprint density at radius 1 is 1.33 bits per heavy atom. The molecule has 1 aromatic carbocycles. The molecule has 2 aromatic rings. The molecule has 0 bridgehead atoms. The molecule has 0 aliphatic carbocycles. The number of aromatic nitrogens is 1. The van der Waals surface area contributed by atoms with Crippen LogP contribution in [0.2, 0.25) is 0 Å². The van der Waals surface area contributed by atoms with Crippen LogP contribution >= 0.6 is 0 Å². The average Bonchev–Trinajstić information content (AvgIpc) is 3.01. The highest BCUT2D eigenvalue weighted by Gasteiger charge is 2.25. The SMILES string of the molecule is COC(=O)c1ccc(N2CCN(Cc3cnoc3C)[C@@H](C)C2)cc1. The molecule has 1 fully saturated rings. The van der Waals surface area contributed by atoms with Gasteiger partial charge in [-0.1, -0.05) is 5.16 Å². The van der Waals surface area contributed by atoms with Gasteiger partial charge < -0.3 is 14.2 Å². The standard InChI is InChI=1S/C18H23N3O3/c1-13-11-21(17-6-4-15(5-7-17)18(22)23-3)9-8-20(13)12-16-10-19-24-14(16)2/h4-7,10,13H,8-9,11-12H2,1-3H3/t13-/m0/s1. The van der Waals surface area contributed by atoms with Crippen molar-refractivity contribution < 1.29 is 14.1 Å². The Hall–Kier alpha value is -2.34. The molecule has 1 aromatic heterocycles. The van der Waals surface area contributed by atoms with Crippen molar-refractivity contribution in [1.82, 2.24) is 10.1 Å². The van der Waals surface area contributed by atoms with Gasteiger partial charge >= 0.3 is 5.97 Å². The number of rotatable bonds is 4. The number of methoxy groups -OCH3 is 1. The van der Waals surface area contributed by atoms with Gasteiger partial charge in [-0.2, -0.15) is 0 Å². The Morgan fingerprint density at radius 3 is 2.67 bits per heavy atom. The van der Waals surface area contributed by atoms with Crippen LogP contribution in [0.5, 0.6) is 0 Å². The van der Waals surface area contributed by atoms with Crippen molar-refractivity contribution in [2.75, 3.05) is 31.6 Å². The predicted molar refractivity (Wildman–Crippen MR) is 91.1 cm³/mol. The van der Waals surface area contributed by atoms with Gasteiger partial charge in [0.1, 0.15) is 5.76 Å². The maximum atomic E-state index is 11.5. The van der Waals surface area contributed by atoms with Crippen LogP contribution in [0.3, 0.4) is 0 Å². The number of esters is 1. The van der Waals surface area contributed by atoms with E-state index in [1.54, 1.807) is 6.20 Å². The summed E-state index contributed by atoms with van der Waals surface area (Å²) in [5, 5.41) is 3.85. The van der Waals surface area contributed by atoms with Gasteiger partial charge in [-0.15, -0.1) is 0 Å². The van der Waals surface area contributed by atoms with Crippen LogP contribution in [-0.2, 0) is 11.3 Å². The van der Waals surface area contributed by atoms with E-state index in [-0.39, 0.29) is 5.97 Å². The first kappa shape index (κ1) is 16.5. The van der Waals surface area contributed by atoms with E-state index >= 15 is 0 Å².